The molecule has 1 aromatic heterocycles. The van der Waals surface area contributed by atoms with E-state index in [1.54, 1.807) is 0 Å². The topological polar surface area (TPSA) is 39.9 Å². The van der Waals surface area contributed by atoms with Crippen molar-refractivity contribution < 1.29 is 0 Å². The molecule has 2 heterocycles. The van der Waals surface area contributed by atoms with Crippen molar-refractivity contribution in [2.45, 2.75) is 12.8 Å². The van der Waals surface area contributed by atoms with Crippen LogP contribution in [-0.2, 0) is 0 Å². The Morgan fingerprint density at radius 2 is 1.74 bits per heavy atom. The first-order valence-corrected chi connectivity index (χ1v) is 6.60. The summed E-state index contributed by atoms with van der Waals surface area (Å²) < 4.78 is 0. The highest BCUT2D eigenvalue weighted by Crippen LogP contribution is 2.26. The van der Waals surface area contributed by atoms with Gasteiger partial charge in [0.1, 0.15) is 11.9 Å². The normalized spacial score (nSPS) is 14.4. The maximum Gasteiger partial charge on any atom is 0.147 e. The van der Waals surface area contributed by atoms with Crippen LogP contribution in [0.2, 0.25) is 0 Å². The number of hydrogen-bond donors (Lipinski definition) is 0. The first kappa shape index (κ1) is 11.7. The predicted octanol–water partition coefficient (Wildman–Crippen LogP) is 3.22. The van der Waals surface area contributed by atoms with Crippen LogP contribution in [0, 0.1) is 11.3 Å². The van der Waals surface area contributed by atoms with Crippen LogP contribution < -0.4 is 4.90 Å². The van der Waals surface area contributed by atoms with Gasteiger partial charge < -0.3 is 4.90 Å². The van der Waals surface area contributed by atoms with Gasteiger partial charge in [0.05, 0.1) is 11.3 Å². The molecule has 0 atom stereocenters. The summed E-state index contributed by atoms with van der Waals surface area (Å²) in [5.41, 5.74) is 2.69. The minimum absolute atomic E-state index is 0.668. The second-order valence-electron chi connectivity index (χ2n) is 4.74. The molecule has 0 saturated carbocycles. The van der Waals surface area contributed by atoms with E-state index in [4.69, 9.17) is 4.98 Å². The molecular formula is C16H15N3. The third-order valence-corrected chi connectivity index (χ3v) is 3.47. The average molecular weight is 249 g/mol. The van der Waals surface area contributed by atoms with E-state index in [0.717, 1.165) is 30.2 Å². The molecule has 3 rings (SSSR count). The lowest BCUT2D eigenvalue weighted by atomic mass is 10.1. The third-order valence-electron chi connectivity index (χ3n) is 3.47. The highest BCUT2D eigenvalue weighted by molar-refractivity contribution is 5.65. The molecule has 3 nitrogen and oxygen atoms in total. The zero-order chi connectivity index (χ0) is 13.1. The number of anilines is 1. The van der Waals surface area contributed by atoms with Gasteiger partial charge in [0.15, 0.2) is 0 Å². The van der Waals surface area contributed by atoms with Crippen LogP contribution in [-0.4, -0.2) is 18.1 Å². The first-order chi connectivity index (χ1) is 9.38. The van der Waals surface area contributed by atoms with Gasteiger partial charge in [-0.15, -0.1) is 0 Å². The molecule has 0 radical (unpaired) electrons. The number of nitriles is 1. The first-order valence-electron chi connectivity index (χ1n) is 6.60. The second-order valence-corrected chi connectivity index (χ2v) is 4.74. The van der Waals surface area contributed by atoms with E-state index in [9.17, 15) is 5.26 Å². The van der Waals surface area contributed by atoms with Crippen molar-refractivity contribution in [3.8, 4) is 17.3 Å². The maximum atomic E-state index is 9.22. The smallest absolute Gasteiger partial charge is 0.147 e. The molecule has 0 unspecified atom stereocenters. The van der Waals surface area contributed by atoms with Crippen LogP contribution >= 0.6 is 0 Å². The van der Waals surface area contributed by atoms with Gasteiger partial charge in [0.25, 0.3) is 0 Å². The third kappa shape index (κ3) is 2.30. The van der Waals surface area contributed by atoms with Crippen molar-refractivity contribution in [2.24, 2.45) is 0 Å². The van der Waals surface area contributed by atoms with E-state index < -0.39 is 0 Å². The molecule has 0 aliphatic carbocycles. The fourth-order valence-corrected chi connectivity index (χ4v) is 2.48. The summed E-state index contributed by atoms with van der Waals surface area (Å²) in [5.74, 6) is 0.835. The van der Waals surface area contributed by atoms with Gasteiger partial charge in [0, 0.05) is 18.7 Å². The van der Waals surface area contributed by atoms with Gasteiger partial charge in [-0.1, -0.05) is 30.3 Å². The van der Waals surface area contributed by atoms with Crippen LogP contribution in [0.25, 0.3) is 11.3 Å². The standard InChI is InChI=1S/C16H15N3/c17-12-14-8-9-15(13-6-2-1-3-7-13)18-16(14)19-10-4-5-11-19/h1-3,6-9H,4-5,10-11H2. The molecule has 1 aromatic carbocycles. The van der Waals surface area contributed by atoms with Crippen LogP contribution in [0.1, 0.15) is 18.4 Å². The molecule has 1 aliphatic heterocycles. The Morgan fingerprint density at radius 1 is 1.00 bits per heavy atom. The summed E-state index contributed by atoms with van der Waals surface area (Å²) in [7, 11) is 0. The molecule has 94 valence electrons. The summed E-state index contributed by atoms with van der Waals surface area (Å²) in [6.45, 7) is 2.00. The van der Waals surface area contributed by atoms with Gasteiger partial charge in [0.2, 0.25) is 0 Å². The molecule has 1 aliphatic rings. The van der Waals surface area contributed by atoms with E-state index >= 15 is 0 Å². The Bertz CT molecular complexity index is 608. The van der Waals surface area contributed by atoms with E-state index in [0.29, 0.717) is 5.56 Å². The predicted molar refractivity (Wildman–Crippen MR) is 75.8 cm³/mol. The zero-order valence-corrected chi connectivity index (χ0v) is 10.7. The number of benzene rings is 1. The summed E-state index contributed by atoms with van der Waals surface area (Å²) >= 11 is 0. The number of pyridine rings is 1. The number of aromatic nitrogens is 1. The second kappa shape index (κ2) is 5.11. The molecule has 19 heavy (non-hydrogen) atoms. The molecule has 0 N–H and O–H groups in total. The van der Waals surface area contributed by atoms with Gasteiger partial charge >= 0.3 is 0 Å². The fourth-order valence-electron chi connectivity index (χ4n) is 2.48. The minimum Gasteiger partial charge on any atom is -0.356 e. The van der Waals surface area contributed by atoms with E-state index in [2.05, 4.69) is 11.0 Å². The Kier molecular flexibility index (Phi) is 3.16. The maximum absolute atomic E-state index is 9.22. The molecule has 0 bridgehead atoms. The number of nitrogens with zero attached hydrogens (tertiary/aromatic N) is 3. The average Bonchev–Trinajstić information content (AvgIpc) is 3.01. The van der Waals surface area contributed by atoms with Crippen LogP contribution in [0.5, 0.6) is 0 Å². The lowest BCUT2D eigenvalue weighted by Gasteiger charge is -2.18. The molecule has 1 fully saturated rings. The van der Waals surface area contributed by atoms with Gasteiger partial charge in [-0.25, -0.2) is 4.98 Å². The SMILES string of the molecule is N#Cc1ccc(-c2ccccc2)nc1N1CCCC1. The lowest BCUT2D eigenvalue weighted by molar-refractivity contribution is 0.935. The quantitative estimate of drug-likeness (QED) is 0.820. The Labute approximate surface area is 113 Å². The summed E-state index contributed by atoms with van der Waals surface area (Å²) in [4.78, 5) is 6.91. The Morgan fingerprint density at radius 3 is 2.42 bits per heavy atom. The van der Waals surface area contributed by atoms with Gasteiger partial charge in [-0.2, -0.15) is 5.26 Å². The molecule has 1 saturated heterocycles. The highest BCUT2D eigenvalue weighted by Gasteiger charge is 2.18. The van der Waals surface area contributed by atoms with Crippen molar-refractivity contribution in [1.82, 2.24) is 4.98 Å². The van der Waals surface area contributed by atoms with Crippen molar-refractivity contribution in [3.05, 3.63) is 48.0 Å². The van der Waals surface area contributed by atoms with Crippen molar-refractivity contribution in [3.63, 3.8) is 0 Å². The summed E-state index contributed by atoms with van der Waals surface area (Å²) in [5, 5.41) is 9.22. The van der Waals surface area contributed by atoms with Crippen molar-refractivity contribution >= 4 is 5.82 Å². The largest absolute Gasteiger partial charge is 0.356 e. The van der Waals surface area contributed by atoms with E-state index in [-0.39, 0.29) is 0 Å². The van der Waals surface area contributed by atoms with Crippen LogP contribution in [0.3, 0.4) is 0 Å². The molecule has 2 aromatic rings. The Balaban J connectivity index is 2.05. The molecule has 0 spiro atoms. The van der Waals surface area contributed by atoms with Crippen LogP contribution in [0.4, 0.5) is 5.82 Å². The number of rotatable bonds is 2. The van der Waals surface area contributed by atoms with E-state index in [1.807, 2.05) is 42.5 Å². The molecule has 3 heteroatoms. The van der Waals surface area contributed by atoms with Crippen LogP contribution in [0.15, 0.2) is 42.5 Å². The Hall–Kier alpha value is -2.34. The van der Waals surface area contributed by atoms with Crippen molar-refractivity contribution in [2.75, 3.05) is 18.0 Å². The van der Waals surface area contributed by atoms with E-state index in [1.165, 1.54) is 12.8 Å². The molecular weight excluding hydrogens is 234 g/mol. The lowest BCUT2D eigenvalue weighted by Crippen LogP contribution is -2.20. The minimum atomic E-state index is 0.668. The van der Waals surface area contributed by atoms with Gasteiger partial charge in [-0.05, 0) is 25.0 Å². The summed E-state index contributed by atoms with van der Waals surface area (Å²) in [6.07, 6.45) is 2.37. The highest BCUT2D eigenvalue weighted by atomic mass is 15.2. The fraction of sp³-hybridized carbons (Fsp3) is 0.250. The monoisotopic (exact) mass is 249 g/mol. The zero-order valence-electron chi connectivity index (χ0n) is 10.7. The van der Waals surface area contributed by atoms with Gasteiger partial charge in [-0.3, -0.25) is 0 Å². The summed E-state index contributed by atoms with van der Waals surface area (Å²) in [6, 6.07) is 16.1. The molecule has 0 amide bonds. The van der Waals surface area contributed by atoms with Crippen molar-refractivity contribution in [1.29, 1.82) is 5.26 Å². The number of hydrogen-bond acceptors (Lipinski definition) is 3.